The van der Waals surface area contributed by atoms with Gasteiger partial charge in [0.05, 0.1) is 31.7 Å². The summed E-state index contributed by atoms with van der Waals surface area (Å²) in [5.74, 6) is -6.99. The summed E-state index contributed by atoms with van der Waals surface area (Å²) in [4.78, 5) is 139. The number of aliphatic hydroxyl groups is 1. The molecule has 3 unspecified atom stereocenters. The molecule has 22 nitrogen and oxygen atoms in total. The highest BCUT2D eigenvalue weighted by atomic mass is 16.5. The van der Waals surface area contributed by atoms with Crippen molar-refractivity contribution in [2.45, 2.75) is 44.1 Å². The summed E-state index contributed by atoms with van der Waals surface area (Å²) in [5.41, 5.74) is 0. The van der Waals surface area contributed by atoms with E-state index in [0.717, 1.165) is 62.1 Å². The standard InChI is InChI=1S/C36H43N7O15/c44-25(21-57-23(19-42-32(51)5-6-33(42)52)11-15-40-28(47)1-2-29(40)48)37-13-17-39(27(46)9-10-36(55)56)18-14-38-26(45)22-58-24(20-43-34(53)7-8-35(43)54)12-16-41-30(49)3-4-31(41)50/h1-8,23-24,32,51H,9-22H2,(H,37,44)(H,38,45)(H,55,56). The van der Waals surface area contributed by atoms with Crippen LogP contribution in [0.3, 0.4) is 0 Å². The molecule has 0 aromatic rings. The van der Waals surface area contributed by atoms with Gasteiger partial charge >= 0.3 is 5.97 Å². The molecular formula is C36H43N7O15. The van der Waals surface area contributed by atoms with E-state index in [4.69, 9.17) is 14.6 Å². The first-order valence-corrected chi connectivity index (χ1v) is 18.2. The smallest absolute Gasteiger partial charge is 0.303 e. The van der Waals surface area contributed by atoms with Crippen LogP contribution >= 0.6 is 0 Å². The Morgan fingerprint density at radius 3 is 1.47 bits per heavy atom. The van der Waals surface area contributed by atoms with Crippen molar-refractivity contribution < 1.29 is 72.4 Å². The average molecular weight is 814 g/mol. The van der Waals surface area contributed by atoms with Gasteiger partial charge in [0.2, 0.25) is 23.6 Å². The topological polar surface area (TPSA) is 287 Å². The second-order valence-electron chi connectivity index (χ2n) is 13.1. The molecule has 10 amide bonds. The molecule has 4 rings (SSSR count). The number of imide groups is 3. The van der Waals surface area contributed by atoms with Gasteiger partial charge in [-0.25, -0.2) is 0 Å². The van der Waals surface area contributed by atoms with Gasteiger partial charge in [-0.2, -0.15) is 0 Å². The molecule has 4 aliphatic rings. The number of hydrogen-bond donors (Lipinski definition) is 4. The second-order valence-corrected chi connectivity index (χ2v) is 13.1. The number of rotatable bonds is 25. The maximum atomic E-state index is 12.9. The van der Waals surface area contributed by atoms with Crippen LogP contribution in [0.25, 0.3) is 0 Å². The van der Waals surface area contributed by atoms with Crippen molar-refractivity contribution in [3.8, 4) is 0 Å². The van der Waals surface area contributed by atoms with Gasteiger partial charge < -0.3 is 40.1 Å². The van der Waals surface area contributed by atoms with Gasteiger partial charge in [-0.15, -0.1) is 0 Å². The molecule has 4 N–H and O–H groups in total. The highest BCUT2D eigenvalue weighted by Gasteiger charge is 2.31. The summed E-state index contributed by atoms with van der Waals surface area (Å²) >= 11 is 0. The van der Waals surface area contributed by atoms with Crippen molar-refractivity contribution in [3.05, 3.63) is 48.6 Å². The second kappa shape index (κ2) is 21.2. The first-order chi connectivity index (χ1) is 27.6. The van der Waals surface area contributed by atoms with Gasteiger partial charge in [-0.05, 0) is 18.9 Å². The zero-order valence-corrected chi connectivity index (χ0v) is 31.2. The number of nitrogens with one attached hydrogen (secondary N) is 2. The molecule has 22 heteroatoms. The third-order valence-electron chi connectivity index (χ3n) is 9.06. The summed E-state index contributed by atoms with van der Waals surface area (Å²) in [6.07, 6.45) is 5.06. The summed E-state index contributed by atoms with van der Waals surface area (Å²) in [7, 11) is 0. The Morgan fingerprint density at radius 2 is 1.05 bits per heavy atom. The van der Waals surface area contributed by atoms with E-state index >= 15 is 0 Å². The highest BCUT2D eigenvalue weighted by molar-refractivity contribution is 6.14. The van der Waals surface area contributed by atoms with Crippen LogP contribution in [0.15, 0.2) is 48.6 Å². The van der Waals surface area contributed by atoms with Gasteiger partial charge in [0.25, 0.3) is 35.4 Å². The van der Waals surface area contributed by atoms with Crippen LogP contribution in [0.5, 0.6) is 0 Å². The van der Waals surface area contributed by atoms with Crippen LogP contribution < -0.4 is 10.6 Å². The monoisotopic (exact) mass is 813 g/mol. The van der Waals surface area contributed by atoms with E-state index in [1.54, 1.807) is 0 Å². The van der Waals surface area contributed by atoms with Gasteiger partial charge in [-0.1, -0.05) is 0 Å². The van der Waals surface area contributed by atoms with Crippen molar-refractivity contribution in [2.75, 3.05) is 65.6 Å². The normalized spacial score (nSPS) is 18.4. The minimum absolute atomic E-state index is 0.0101. The number of hydrogen-bond acceptors (Lipinski definition) is 14. The van der Waals surface area contributed by atoms with Crippen molar-refractivity contribution in [3.63, 3.8) is 0 Å². The van der Waals surface area contributed by atoms with E-state index in [-0.39, 0.29) is 71.6 Å². The minimum atomic E-state index is -1.23. The molecule has 312 valence electrons. The number of carboxylic acid groups (broad SMARTS) is 1. The van der Waals surface area contributed by atoms with Crippen molar-refractivity contribution in [2.24, 2.45) is 0 Å². The van der Waals surface area contributed by atoms with Crippen molar-refractivity contribution in [1.29, 1.82) is 0 Å². The summed E-state index contributed by atoms with van der Waals surface area (Å²) < 4.78 is 11.4. The summed E-state index contributed by atoms with van der Waals surface area (Å²) in [6.45, 7) is -2.21. The number of carbonyl (C=O) groups is 11. The Bertz CT molecular complexity index is 1750. The van der Waals surface area contributed by atoms with Gasteiger partial charge in [0, 0.05) is 88.2 Å². The fourth-order valence-corrected chi connectivity index (χ4v) is 5.92. The minimum Gasteiger partial charge on any atom is -0.481 e. The van der Waals surface area contributed by atoms with E-state index in [1.165, 1.54) is 11.0 Å². The number of nitrogens with zero attached hydrogens (tertiary/aromatic N) is 5. The molecule has 4 heterocycles. The Labute approximate surface area is 330 Å². The molecule has 0 bridgehead atoms. The third kappa shape index (κ3) is 13.1. The molecule has 0 spiro atoms. The predicted molar refractivity (Wildman–Crippen MR) is 193 cm³/mol. The number of amides is 10. The number of carboxylic acids is 1. The van der Waals surface area contributed by atoms with E-state index in [2.05, 4.69) is 10.6 Å². The third-order valence-corrected chi connectivity index (χ3v) is 9.06. The molecule has 0 saturated heterocycles. The highest BCUT2D eigenvalue weighted by Crippen LogP contribution is 2.15. The number of carbonyl (C=O) groups excluding carboxylic acids is 10. The Hall–Kier alpha value is -6.39. The van der Waals surface area contributed by atoms with Gasteiger partial charge in [-0.3, -0.25) is 67.4 Å². The van der Waals surface area contributed by atoms with Crippen LogP contribution in [0.1, 0.15) is 25.7 Å². The predicted octanol–water partition coefficient (Wildman–Crippen LogP) is -4.05. The largest absolute Gasteiger partial charge is 0.481 e. The SMILES string of the molecule is O=C(O)CCC(=O)N(CCNC(=O)COC(CCN1C(=O)C=CC1=O)CN1C(=O)C=CC1=O)CCNC(=O)COC(CCN1C(=O)C=CC1=O)CN1C(=O)C=CC1O. The Balaban J connectivity index is 1.25. The fraction of sp³-hybridized carbons (Fsp3) is 0.472. The van der Waals surface area contributed by atoms with Crippen LogP contribution in [-0.4, -0.2) is 184 Å². The molecule has 4 aliphatic heterocycles. The zero-order valence-electron chi connectivity index (χ0n) is 31.2. The van der Waals surface area contributed by atoms with Gasteiger partial charge in [0.1, 0.15) is 19.4 Å². The molecule has 0 radical (unpaired) electrons. The lowest BCUT2D eigenvalue weighted by Gasteiger charge is -2.27. The molecule has 0 aromatic carbocycles. The van der Waals surface area contributed by atoms with Crippen molar-refractivity contribution >= 4 is 65.0 Å². The zero-order chi connectivity index (χ0) is 42.4. The summed E-state index contributed by atoms with van der Waals surface area (Å²) in [6, 6.07) is 0. The summed E-state index contributed by atoms with van der Waals surface area (Å²) in [5, 5.41) is 24.3. The lowest BCUT2D eigenvalue weighted by molar-refractivity contribution is -0.142. The van der Waals surface area contributed by atoms with E-state index in [0.29, 0.717) is 0 Å². The molecule has 0 aliphatic carbocycles. The maximum absolute atomic E-state index is 12.9. The van der Waals surface area contributed by atoms with E-state index < -0.39 is 103 Å². The molecular weight excluding hydrogens is 770 g/mol. The van der Waals surface area contributed by atoms with Crippen LogP contribution in [0.2, 0.25) is 0 Å². The first-order valence-electron chi connectivity index (χ1n) is 18.2. The van der Waals surface area contributed by atoms with Crippen LogP contribution in [0.4, 0.5) is 0 Å². The Morgan fingerprint density at radius 1 is 0.621 bits per heavy atom. The molecule has 3 atom stereocenters. The van der Waals surface area contributed by atoms with Crippen LogP contribution in [0, 0.1) is 0 Å². The molecule has 58 heavy (non-hydrogen) atoms. The molecule has 0 saturated carbocycles. The van der Waals surface area contributed by atoms with Crippen LogP contribution in [-0.2, 0) is 62.2 Å². The number of aliphatic hydroxyl groups excluding tert-OH is 1. The maximum Gasteiger partial charge on any atom is 0.303 e. The molecule has 0 aromatic heterocycles. The number of ether oxygens (including phenoxy) is 2. The van der Waals surface area contributed by atoms with E-state index in [1.807, 2.05) is 0 Å². The lowest BCUT2D eigenvalue weighted by atomic mass is 10.2. The van der Waals surface area contributed by atoms with E-state index in [9.17, 15) is 57.8 Å². The molecule has 0 fully saturated rings. The lowest BCUT2D eigenvalue weighted by Crippen LogP contribution is -2.45. The Kier molecular flexibility index (Phi) is 16.2. The van der Waals surface area contributed by atoms with Crippen molar-refractivity contribution in [1.82, 2.24) is 35.1 Å². The quantitative estimate of drug-likeness (QED) is 0.0639. The average Bonchev–Trinajstić information content (AvgIpc) is 3.90. The number of aliphatic carboxylic acids is 1. The fourth-order valence-electron chi connectivity index (χ4n) is 5.92. The first kappa shape index (κ1) is 44.3. The van der Waals surface area contributed by atoms with Gasteiger partial charge in [0.15, 0.2) is 0 Å².